The van der Waals surface area contributed by atoms with Crippen molar-refractivity contribution in [2.75, 3.05) is 5.32 Å². The first-order valence-electron chi connectivity index (χ1n) is 19.4. The van der Waals surface area contributed by atoms with Crippen molar-refractivity contribution < 1.29 is 8.42 Å². The van der Waals surface area contributed by atoms with Crippen molar-refractivity contribution in [2.45, 2.75) is 96.0 Å². The minimum atomic E-state index is -3.78. The van der Waals surface area contributed by atoms with Crippen LogP contribution in [0.3, 0.4) is 0 Å². The second-order valence-corrected chi connectivity index (χ2v) is 16.7. The van der Waals surface area contributed by atoms with Crippen LogP contribution in [0.15, 0.2) is 142 Å². The number of nitrogens with zero attached hydrogens (tertiary/aromatic N) is 1. The van der Waals surface area contributed by atoms with Crippen molar-refractivity contribution in [3.8, 4) is 0 Å². The first kappa shape index (κ1) is 36.5. The Morgan fingerprint density at radius 1 is 0.736 bits per heavy atom. The van der Waals surface area contributed by atoms with Gasteiger partial charge in [0.05, 0.1) is 9.80 Å². The van der Waals surface area contributed by atoms with E-state index in [1.54, 1.807) is 12.1 Å². The van der Waals surface area contributed by atoms with Gasteiger partial charge < -0.3 is 9.88 Å². The fourth-order valence-electron chi connectivity index (χ4n) is 8.45. The Hall–Kier alpha value is -4.87. The number of benzene rings is 5. The summed E-state index contributed by atoms with van der Waals surface area (Å²) in [6, 6.07) is 35.6. The first-order valence-corrected chi connectivity index (χ1v) is 20.9. The zero-order valence-electron chi connectivity index (χ0n) is 31.8. The monoisotopic (exact) mass is 720 g/mol. The normalized spacial score (nSPS) is 16.8. The predicted octanol–water partition coefficient (Wildman–Crippen LogP) is 12.2. The smallest absolute Gasteiger partial charge is 0.207 e. The number of aromatic nitrogens is 1. The van der Waals surface area contributed by atoms with Gasteiger partial charge in [0.15, 0.2) is 0 Å². The summed E-state index contributed by atoms with van der Waals surface area (Å²) in [5.41, 5.74) is 5.34. The van der Waals surface area contributed by atoms with Crippen molar-refractivity contribution >= 4 is 54.0 Å². The molecule has 1 heterocycles. The molecule has 5 aromatic carbocycles. The van der Waals surface area contributed by atoms with Crippen LogP contribution in [0, 0.1) is 0 Å². The maximum Gasteiger partial charge on any atom is 0.207 e. The summed E-state index contributed by atoms with van der Waals surface area (Å²) in [6.45, 7) is 11.2. The van der Waals surface area contributed by atoms with E-state index in [-0.39, 0.29) is 5.92 Å². The van der Waals surface area contributed by atoms with Crippen LogP contribution in [0.2, 0.25) is 0 Å². The van der Waals surface area contributed by atoms with Crippen LogP contribution in [-0.2, 0) is 9.84 Å². The summed E-state index contributed by atoms with van der Waals surface area (Å²) in [5.74, 6) is 0.0672. The maximum absolute atomic E-state index is 14.6. The lowest BCUT2D eigenvalue weighted by Gasteiger charge is -2.19. The van der Waals surface area contributed by atoms with Gasteiger partial charge in [-0.2, -0.15) is 0 Å². The van der Waals surface area contributed by atoms with Crippen molar-refractivity contribution in [3.63, 3.8) is 0 Å². The van der Waals surface area contributed by atoms with Crippen LogP contribution in [0.4, 0.5) is 5.69 Å². The Morgan fingerprint density at radius 3 is 2.15 bits per heavy atom. The van der Waals surface area contributed by atoms with E-state index in [4.69, 9.17) is 0 Å². The topological polar surface area (TPSA) is 51.1 Å². The van der Waals surface area contributed by atoms with E-state index in [0.717, 1.165) is 47.9 Å². The van der Waals surface area contributed by atoms with Gasteiger partial charge in [0.1, 0.15) is 0 Å². The highest BCUT2D eigenvalue weighted by Gasteiger charge is 2.31. The number of fused-ring (bicyclic) bond motifs is 1. The number of sulfone groups is 1. The highest BCUT2D eigenvalue weighted by Crippen LogP contribution is 2.40. The average molecular weight is 721 g/mol. The minimum Gasteiger partial charge on any atom is -0.382 e. The largest absolute Gasteiger partial charge is 0.382 e. The summed E-state index contributed by atoms with van der Waals surface area (Å²) in [4.78, 5) is 0.774. The molecule has 0 amide bonds. The molecule has 4 nitrogen and oxygen atoms in total. The highest BCUT2D eigenvalue weighted by atomic mass is 32.2. The molecule has 53 heavy (non-hydrogen) atoms. The van der Waals surface area contributed by atoms with E-state index in [0.29, 0.717) is 34.7 Å². The molecule has 0 radical (unpaired) electrons. The summed E-state index contributed by atoms with van der Waals surface area (Å²) < 4.78 is 31.6. The van der Waals surface area contributed by atoms with Gasteiger partial charge in [0.25, 0.3) is 0 Å². The Labute approximate surface area is 315 Å². The third-order valence-electron chi connectivity index (χ3n) is 11.0. The molecule has 3 atom stereocenters. The lowest BCUT2D eigenvalue weighted by atomic mass is 9.92. The third kappa shape index (κ3) is 7.12. The Bertz CT molecular complexity index is 2510. The molecule has 0 saturated heterocycles. The molecule has 1 N–H and O–H groups in total. The zero-order chi connectivity index (χ0) is 37.1. The molecule has 1 aliphatic rings. The molecule has 6 aromatic rings. The van der Waals surface area contributed by atoms with Gasteiger partial charge in [-0.3, -0.25) is 0 Å². The lowest BCUT2D eigenvalue weighted by Crippen LogP contribution is -2.20. The van der Waals surface area contributed by atoms with Gasteiger partial charge in [0.2, 0.25) is 9.84 Å². The summed E-state index contributed by atoms with van der Waals surface area (Å²) in [5, 5.41) is 11.0. The molecule has 0 saturated carbocycles. The van der Waals surface area contributed by atoms with Crippen LogP contribution < -0.4 is 10.7 Å². The standard InChI is InChI=1S/C48H52N2O2S/c1-6-15-34(4)49-43-25-13-19-36-17-11-23-41(46(36)43)33(3)27-28-38-29-30-39(48(38)53(51,52)40-21-9-8-10-22-40)31-32-44-42-24-12-18-37-20-14-26-45(47(37)42)50(44)35(5)16-7-2/h8-14,17-28,31-35,49H,6-7,15-16,29-30H2,1-5H3. The molecule has 1 aromatic heterocycles. The summed E-state index contributed by atoms with van der Waals surface area (Å²) in [7, 11) is -3.78. The molecular formula is C48H52N2O2S. The second kappa shape index (κ2) is 15.6. The SMILES string of the molecule is CCCC(C)Nc1cccc2cccc(C(C)C=CC3=C(S(=O)(=O)c4ccccc4)C(=CC=c4c5cccc6cccc(c65)n4C(C)CCC)CC3)c12. The summed E-state index contributed by atoms with van der Waals surface area (Å²) in [6.07, 6.45) is 14.3. The van der Waals surface area contributed by atoms with Crippen LogP contribution in [-0.4, -0.2) is 19.0 Å². The zero-order valence-corrected chi connectivity index (χ0v) is 32.6. The van der Waals surface area contributed by atoms with Gasteiger partial charge in [-0.15, -0.1) is 0 Å². The highest BCUT2D eigenvalue weighted by molar-refractivity contribution is 7.95. The van der Waals surface area contributed by atoms with E-state index < -0.39 is 9.84 Å². The summed E-state index contributed by atoms with van der Waals surface area (Å²) >= 11 is 0. The fraction of sp³-hybridized carbons (Fsp3) is 0.292. The third-order valence-corrected chi connectivity index (χ3v) is 12.9. The van der Waals surface area contributed by atoms with Crippen molar-refractivity contribution in [2.24, 2.45) is 0 Å². The molecule has 0 bridgehead atoms. The van der Waals surface area contributed by atoms with E-state index in [2.05, 4.69) is 142 Å². The molecule has 7 rings (SSSR count). The van der Waals surface area contributed by atoms with Gasteiger partial charge in [-0.05, 0) is 103 Å². The average Bonchev–Trinajstić information content (AvgIpc) is 3.73. The molecular weight excluding hydrogens is 669 g/mol. The van der Waals surface area contributed by atoms with Crippen molar-refractivity contribution in [1.29, 1.82) is 0 Å². The van der Waals surface area contributed by atoms with Crippen LogP contribution in [0.1, 0.15) is 90.7 Å². The van der Waals surface area contributed by atoms with Crippen molar-refractivity contribution in [3.05, 3.63) is 148 Å². The van der Waals surface area contributed by atoms with Gasteiger partial charge >= 0.3 is 0 Å². The molecule has 5 heteroatoms. The second-order valence-electron chi connectivity index (χ2n) is 14.8. The van der Waals surface area contributed by atoms with E-state index in [9.17, 15) is 8.42 Å². The van der Waals surface area contributed by atoms with E-state index >= 15 is 0 Å². The first-order chi connectivity index (χ1) is 25.7. The Morgan fingerprint density at radius 2 is 1.42 bits per heavy atom. The quantitative estimate of drug-likeness (QED) is 0.129. The molecule has 3 unspecified atom stereocenters. The lowest BCUT2D eigenvalue weighted by molar-refractivity contribution is 0.507. The van der Waals surface area contributed by atoms with Crippen molar-refractivity contribution in [1.82, 2.24) is 4.57 Å². The van der Waals surface area contributed by atoms with Crippen LogP contribution in [0.5, 0.6) is 0 Å². The van der Waals surface area contributed by atoms with E-state index in [1.165, 1.54) is 38.0 Å². The molecule has 272 valence electrons. The maximum atomic E-state index is 14.6. The Kier molecular flexibility index (Phi) is 10.8. The van der Waals surface area contributed by atoms with Gasteiger partial charge in [-0.1, -0.05) is 131 Å². The van der Waals surface area contributed by atoms with E-state index in [1.807, 2.05) is 18.2 Å². The molecule has 0 fully saturated rings. The number of nitrogens with one attached hydrogen (secondary N) is 1. The number of anilines is 1. The van der Waals surface area contributed by atoms with Gasteiger partial charge in [0, 0.05) is 44.8 Å². The molecule has 0 spiro atoms. The number of hydrogen-bond donors (Lipinski definition) is 1. The predicted molar refractivity (Wildman–Crippen MR) is 226 cm³/mol. The molecule has 0 aliphatic heterocycles. The Balaban J connectivity index is 1.35. The minimum absolute atomic E-state index is 0.0672. The molecule has 1 aliphatic carbocycles. The van der Waals surface area contributed by atoms with Crippen LogP contribution >= 0.6 is 0 Å². The number of allylic oxidation sites excluding steroid dienone is 5. The number of rotatable bonds is 13. The van der Waals surface area contributed by atoms with Gasteiger partial charge in [-0.25, -0.2) is 8.42 Å². The number of hydrogen-bond acceptors (Lipinski definition) is 3. The fourth-order valence-corrected chi connectivity index (χ4v) is 10.2. The van der Waals surface area contributed by atoms with Crippen LogP contribution in [0.25, 0.3) is 38.5 Å².